The molecule has 1 atom stereocenters. The fourth-order valence-electron chi connectivity index (χ4n) is 1.31. The average Bonchev–Trinajstić information content (AvgIpc) is 2.04. The van der Waals surface area contributed by atoms with Gasteiger partial charge in [0.05, 0.1) is 23.8 Å². The number of thioether (sulfide) groups is 1. The van der Waals surface area contributed by atoms with E-state index in [1.54, 1.807) is 0 Å². The highest BCUT2D eigenvalue weighted by Gasteiger charge is 2.38. The van der Waals surface area contributed by atoms with Gasteiger partial charge in [-0.15, -0.1) is 11.8 Å². The number of β-lactam (4-membered cyclic amide) rings is 1. The van der Waals surface area contributed by atoms with Gasteiger partial charge < -0.3 is 9.08 Å². The van der Waals surface area contributed by atoms with Gasteiger partial charge in [-0.2, -0.15) is 8.42 Å². The summed E-state index contributed by atoms with van der Waals surface area (Å²) in [6, 6.07) is 0. The van der Waals surface area contributed by atoms with Gasteiger partial charge in [0, 0.05) is 6.20 Å². The molecule has 0 unspecified atom stereocenters. The zero-order chi connectivity index (χ0) is 10.3. The molecule has 2 rings (SSSR count). The van der Waals surface area contributed by atoms with E-state index in [1.807, 2.05) is 0 Å². The molecule has 0 radical (unpaired) electrons. The second-order valence-corrected chi connectivity index (χ2v) is 5.89. The van der Waals surface area contributed by atoms with E-state index in [1.165, 1.54) is 22.9 Å². The minimum absolute atomic E-state index is 0.0109. The maximum Gasteiger partial charge on any atom is 0.306 e. The third-order valence-corrected chi connectivity index (χ3v) is 3.65. The van der Waals surface area contributed by atoms with Crippen LogP contribution in [-0.4, -0.2) is 36.6 Å². The third kappa shape index (κ3) is 1.88. The quantitative estimate of drug-likeness (QED) is 0.502. The molecule has 1 fully saturated rings. The standard InChI is InChI=1S/C7H9NO4S2/c1-14(10,11)12-5-3-8-6(9)2-7(8)13-4-5/h3,7H,2,4H2,1H3/t7-/m1/s1. The molecule has 5 nitrogen and oxygen atoms in total. The molecular formula is C7H9NO4S2. The van der Waals surface area contributed by atoms with Gasteiger partial charge in [0.2, 0.25) is 5.91 Å². The number of carbonyl (C=O) groups is 1. The van der Waals surface area contributed by atoms with Crippen LogP contribution in [0.1, 0.15) is 6.42 Å². The molecular weight excluding hydrogens is 226 g/mol. The lowest BCUT2D eigenvalue weighted by Crippen LogP contribution is -2.49. The number of rotatable bonds is 2. The van der Waals surface area contributed by atoms with Crippen LogP contribution in [0.25, 0.3) is 0 Å². The van der Waals surface area contributed by atoms with E-state index in [2.05, 4.69) is 0 Å². The molecule has 0 aliphatic carbocycles. The molecule has 0 saturated carbocycles. The van der Waals surface area contributed by atoms with Crippen LogP contribution in [0.15, 0.2) is 12.0 Å². The Morgan fingerprint density at radius 3 is 2.93 bits per heavy atom. The molecule has 0 aromatic heterocycles. The summed E-state index contributed by atoms with van der Waals surface area (Å²) in [7, 11) is -3.48. The van der Waals surface area contributed by atoms with Gasteiger partial charge in [0.1, 0.15) is 5.76 Å². The third-order valence-electron chi connectivity index (χ3n) is 1.91. The first kappa shape index (κ1) is 9.85. The number of hydrogen-bond donors (Lipinski definition) is 0. The van der Waals surface area contributed by atoms with Crippen LogP contribution < -0.4 is 0 Å². The molecule has 2 aliphatic heterocycles. The Hall–Kier alpha value is -0.690. The molecule has 0 aromatic carbocycles. The largest absolute Gasteiger partial charge is 0.385 e. The zero-order valence-electron chi connectivity index (χ0n) is 7.47. The lowest BCUT2D eigenvalue weighted by Gasteiger charge is -2.40. The van der Waals surface area contributed by atoms with Gasteiger partial charge in [0.25, 0.3) is 0 Å². The predicted molar refractivity (Wildman–Crippen MR) is 51.7 cm³/mol. The second kappa shape index (κ2) is 3.16. The van der Waals surface area contributed by atoms with Gasteiger partial charge in [0.15, 0.2) is 0 Å². The highest BCUT2D eigenvalue weighted by Crippen LogP contribution is 2.35. The van der Waals surface area contributed by atoms with Gasteiger partial charge in [-0.05, 0) is 0 Å². The monoisotopic (exact) mass is 235 g/mol. The molecule has 2 aliphatic rings. The van der Waals surface area contributed by atoms with Crippen LogP contribution in [0.2, 0.25) is 0 Å². The smallest absolute Gasteiger partial charge is 0.306 e. The molecule has 7 heteroatoms. The van der Waals surface area contributed by atoms with Gasteiger partial charge >= 0.3 is 10.1 Å². The highest BCUT2D eigenvalue weighted by molar-refractivity contribution is 8.00. The molecule has 1 saturated heterocycles. The molecule has 0 aromatic rings. The first-order valence-electron chi connectivity index (χ1n) is 3.98. The molecule has 0 spiro atoms. The van der Waals surface area contributed by atoms with Crippen molar-refractivity contribution >= 4 is 27.8 Å². The van der Waals surface area contributed by atoms with E-state index in [9.17, 15) is 13.2 Å². The molecule has 0 bridgehead atoms. The van der Waals surface area contributed by atoms with Crippen molar-refractivity contribution in [3.8, 4) is 0 Å². The Morgan fingerprint density at radius 1 is 1.64 bits per heavy atom. The number of fused-ring (bicyclic) bond motifs is 1. The van der Waals surface area contributed by atoms with Crippen molar-refractivity contribution in [2.75, 3.05) is 12.0 Å². The van der Waals surface area contributed by atoms with E-state index >= 15 is 0 Å². The van der Waals surface area contributed by atoms with Crippen LogP contribution >= 0.6 is 11.8 Å². The first-order valence-corrected chi connectivity index (χ1v) is 6.85. The molecule has 2 heterocycles. The fourth-order valence-corrected chi connectivity index (χ4v) is 2.96. The van der Waals surface area contributed by atoms with E-state index in [0.717, 1.165) is 6.26 Å². The van der Waals surface area contributed by atoms with Crippen molar-refractivity contribution in [1.82, 2.24) is 4.90 Å². The van der Waals surface area contributed by atoms with Crippen molar-refractivity contribution in [1.29, 1.82) is 0 Å². The Bertz CT molecular complexity index is 400. The number of amides is 1. The normalized spacial score (nSPS) is 26.4. The van der Waals surface area contributed by atoms with Crippen LogP contribution in [-0.2, 0) is 19.1 Å². The summed E-state index contributed by atoms with van der Waals surface area (Å²) in [6.45, 7) is 0. The second-order valence-electron chi connectivity index (χ2n) is 3.15. The van der Waals surface area contributed by atoms with Crippen molar-refractivity contribution in [2.24, 2.45) is 0 Å². The highest BCUT2D eigenvalue weighted by atomic mass is 32.2. The van der Waals surface area contributed by atoms with Gasteiger partial charge in [-0.25, -0.2) is 0 Å². The Kier molecular flexibility index (Phi) is 2.23. The topological polar surface area (TPSA) is 63.7 Å². The fraction of sp³-hybridized carbons (Fsp3) is 0.571. The summed E-state index contributed by atoms with van der Waals surface area (Å²) >= 11 is 1.51. The van der Waals surface area contributed by atoms with Crippen molar-refractivity contribution < 1.29 is 17.4 Å². The Morgan fingerprint density at radius 2 is 2.36 bits per heavy atom. The number of carbonyl (C=O) groups excluding carboxylic acids is 1. The Labute approximate surface area is 86.2 Å². The van der Waals surface area contributed by atoms with E-state index < -0.39 is 10.1 Å². The van der Waals surface area contributed by atoms with Crippen LogP contribution in [0, 0.1) is 0 Å². The predicted octanol–water partition coefficient (Wildman–Crippen LogP) is 0.109. The summed E-state index contributed by atoms with van der Waals surface area (Å²) in [4.78, 5) is 12.5. The summed E-state index contributed by atoms with van der Waals surface area (Å²) in [5.41, 5.74) is 0. The van der Waals surface area contributed by atoms with Gasteiger partial charge in [-0.3, -0.25) is 4.79 Å². The number of nitrogens with zero attached hydrogens (tertiary/aromatic N) is 1. The minimum Gasteiger partial charge on any atom is -0.385 e. The SMILES string of the molecule is CS(=O)(=O)OC1=CN2C(=O)C[C@H]2SC1. The van der Waals surface area contributed by atoms with Crippen molar-refractivity contribution in [2.45, 2.75) is 11.8 Å². The molecule has 1 amide bonds. The Balaban J connectivity index is 2.11. The van der Waals surface area contributed by atoms with Crippen molar-refractivity contribution in [3.63, 3.8) is 0 Å². The average molecular weight is 235 g/mol. The van der Waals surface area contributed by atoms with Crippen LogP contribution in [0.3, 0.4) is 0 Å². The van der Waals surface area contributed by atoms with E-state index in [4.69, 9.17) is 4.18 Å². The lowest BCUT2D eigenvalue weighted by atomic mass is 10.2. The summed E-state index contributed by atoms with van der Waals surface area (Å²) in [5, 5.41) is 0.175. The maximum atomic E-state index is 11.0. The van der Waals surface area contributed by atoms with E-state index in [0.29, 0.717) is 17.9 Å². The number of hydrogen-bond acceptors (Lipinski definition) is 5. The van der Waals surface area contributed by atoms with Gasteiger partial charge in [-0.1, -0.05) is 0 Å². The maximum absolute atomic E-state index is 11.0. The summed E-state index contributed by atoms with van der Waals surface area (Å²) in [5.74, 6) is 0.834. The van der Waals surface area contributed by atoms with Crippen LogP contribution in [0.5, 0.6) is 0 Å². The van der Waals surface area contributed by atoms with Crippen molar-refractivity contribution in [3.05, 3.63) is 12.0 Å². The molecule has 14 heavy (non-hydrogen) atoms. The summed E-state index contributed by atoms with van der Waals surface area (Å²) < 4.78 is 26.3. The summed E-state index contributed by atoms with van der Waals surface area (Å²) in [6.07, 6.45) is 3.00. The zero-order valence-corrected chi connectivity index (χ0v) is 9.10. The molecule has 78 valence electrons. The minimum atomic E-state index is -3.48. The van der Waals surface area contributed by atoms with E-state index in [-0.39, 0.29) is 11.3 Å². The molecule has 0 N–H and O–H groups in total. The first-order chi connectivity index (χ1) is 6.46. The lowest BCUT2D eigenvalue weighted by molar-refractivity contribution is -0.137. The van der Waals surface area contributed by atoms with Crippen LogP contribution in [0.4, 0.5) is 0 Å².